The van der Waals surface area contributed by atoms with Crippen LogP contribution in [0.25, 0.3) is 10.8 Å². The maximum absolute atomic E-state index is 12.5. The molecule has 101 valence electrons. The number of hydrogen-bond donors (Lipinski definition) is 0. The summed E-state index contributed by atoms with van der Waals surface area (Å²) in [5.74, 6) is 0. The number of benzene rings is 2. The quantitative estimate of drug-likeness (QED) is 0.600. The summed E-state index contributed by atoms with van der Waals surface area (Å²) in [6, 6.07) is 12.6. The Hall–Kier alpha value is 0.110. The Balaban J connectivity index is 2.56. The molecule has 0 saturated heterocycles. The molecule has 0 bridgehead atoms. The van der Waals surface area contributed by atoms with Crippen LogP contribution in [-0.4, -0.2) is 8.13 Å². The molecule has 0 spiro atoms. The Kier molecular flexibility index (Phi) is 4.47. The van der Waals surface area contributed by atoms with E-state index in [1.54, 1.807) is 18.2 Å². The Labute approximate surface area is 136 Å². The van der Waals surface area contributed by atoms with E-state index in [1.807, 2.05) is 24.3 Å². The van der Waals surface area contributed by atoms with Gasteiger partial charge in [-0.3, -0.25) is 0 Å². The smallest absolute Gasteiger partial charge is 0.224 e. The highest BCUT2D eigenvalue weighted by Gasteiger charge is 2.53. The van der Waals surface area contributed by atoms with Gasteiger partial charge in [-0.25, -0.2) is 5.11 Å². The first-order valence-corrected chi connectivity index (χ1v) is 7.22. The minimum atomic E-state index is -2.08. The molecule has 6 heteroatoms. The van der Waals surface area contributed by atoms with Crippen LogP contribution in [0.1, 0.15) is 11.7 Å². The molecule has 0 aliphatic rings. The SMILES string of the molecule is [O]C(c1cccc2ccccc12)C(Cl)(Cl)C(Cl)(Cl)Cl. The fraction of sp³-hybridized carbons (Fsp3) is 0.231. The molecule has 0 aromatic heterocycles. The zero-order chi connectivity index (χ0) is 14.3. The zero-order valence-corrected chi connectivity index (χ0v) is 13.2. The van der Waals surface area contributed by atoms with Crippen molar-refractivity contribution >= 4 is 68.8 Å². The molecule has 0 fully saturated rings. The molecule has 0 N–H and O–H groups in total. The molecule has 2 aromatic rings. The van der Waals surface area contributed by atoms with Crippen LogP contribution in [0.5, 0.6) is 0 Å². The average Bonchev–Trinajstić information content (AvgIpc) is 2.36. The molecule has 0 saturated carbocycles. The largest absolute Gasteiger partial charge is 0.226 e. The van der Waals surface area contributed by atoms with E-state index in [-0.39, 0.29) is 0 Å². The summed E-state index contributed by atoms with van der Waals surface area (Å²) in [5.41, 5.74) is 0.398. The van der Waals surface area contributed by atoms with Gasteiger partial charge in [0.25, 0.3) is 0 Å². The van der Waals surface area contributed by atoms with Crippen LogP contribution in [0.4, 0.5) is 0 Å². The van der Waals surface area contributed by atoms with E-state index in [9.17, 15) is 5.11 Å². The second kappa shape index (κ2) is 5.48. The van der Waals surface area contributed by atoms with E-state index < -0.39 is 14.2 Å². The van der Waals surface area contributed by atoms with Crippen LogP contribution in [0, 0.1) is 0 Å². The van der Waals surface area contributed by atoms with Crippen molar-refractivity contribution in [3.05, 3.63) is 48.0 Å². The van der Waals surface area contributed by atoms with Gasteiger partial charge in [0.1, 0.15) is 0 Å². The Morgan fingerprint density at radius 2 is 1.42 bits per heavy atom. The topological polar surface area (TPSA) is 19.9 Å². The standard InChI is InChI=1S/C13H8Cl5O/c14-12(15,13(16,17)18)11(19)10-7-3-5-8-4-1-2-6-9(8)10/h1-7,11H. The lowest BCUT2D eigenvalue weighted by Crippen LogP contribution is -2.37. The molecule has 2 rings (SSSR count). The van der Waals surface area contributed by atoms with Crippen molar-refractivity contribution in [1.82, 2.24) is 0 Å². The van der Waals surface area contributed by atoms with Crippen LogP contribution in [0.2, 0.25) is 0 Å². The van der Waals surface area contributed by atoms with Crippen molar-refractivity contribution in [2.24, 2.45) is 0 Å². The lowest BCUT2D eigenvalue weighted by molar-refractivity contribution is 0.0757. The van der Waals surface area contributed by atoms with Crippen molar-refractivity contribution in [3.8, 4) is 0 Å². The van der Waals surface area contributed by atoms with E-state index in [2.05, 4.69) is 0 Å². The van der Waals surface area contributed by atoms with Gasteiger partial charge >= 0.3 is 0 Å². The number of hydrogen-bond acceptors (Lipinski definition) is 0. The minimum absolute atomic E-state index is 0.398. The summed E-state index contributed by atoms with van der Waals surface area (Å²) in [7, 11) is 0. The highest BCUT2D eigenvalue weighted by Crippen LogP contribution is 2.53. The van der Waals surface area contributed by atoms with Crippen LogP contribution in [-0.2, 0) is 5.11 Å². The summed E-state index contributed by atoms with van der Waals surface area (Å²) in [5, 5.41) is 14.1. The van der Waals surface area contributed by atoms with E-state index in [4.69, 9.17) is 58.0 Å². The molecule has 0 aliphatic heterocycles. The van der Waals surface area contributed by atoms with Crippen molar-refractivity contribution in [3.63, 3.8) is 0 Å². The van der Waals surface area contributed by atoms with Crippen molar-refractivity contribution in [2.75, 3.05) is 0 Å². The van der Waals surface area contributed by atoms with Gasteiger partial charge < -0.3 is 0 Å². The molecule has 1 unspecified atom stereocenters. The first-order chi connectivity index (χ1) is 8.75. The van der Waals surface area contributed by atoms with E-state index >= 15 is 0 Å². The Morgan fingerprint density at radius 3 is 2.05 bits per heavy atom. The fourth-order valence-corrected chi connectivity index (χ4v) is 2.36. The highest BCUT2D eigenvalue weighted by atomic mass is 35.6. The van der Waals surface area contributed by atoms with E-state index in [1.165, 1.54) is 0 Å². The molecule has 1 nitrogen and oxygen atoms in total. The predicted molar refractivity (Wildman–Crippen MR) is 82.1 cm³/mol. The van der Waals surface area contributed by atoms with E-state index in [0.717, 1.165) is 10.8 Å². The average molecular weight is 357 g/mol. The van der Waals surface area contributed by atoms with Crippen LogP contribution >= 0.6 is 58.0 Å². The van der Waals surface area contributed by atoms with Gasteiger partial charge in [-0.05, 0) is 16.3 Å². The lowest BCUT2D eigenvalue weighted by atomic mass is 9.98. The maximum Gasteiger partial charge on any atom is 0.226 e. The Morgan fingerprint density at radius 1 is 0.842 bits per heavy atom. The van der Waals surface area contributed by atoms with Crippen LogP contribution < -0.4 is 0 Å². The summed E-state index contributed by atoms with van der Waals surface area (Å²) >= 11 is 29.0. The molecule has 0 aliphatic carbocycles. The third-order valence-corrected chi connectivity index (χ3v) is 5.25. The molecule has 0 heterocycles. The fourth-order valence-electron chi connectivity index (χ4n) is 1.82. The monoisotopic (exact) mass is 355 g/mol. The Bertz CT molecular complexity index is 586. The number of alkyl halides is 5. The molecular weight excluding hydrogens is 349 g/mol. The highest BCUT2D eigenvalue weighted by molar-refractivity contribution is 6.75. The van der Waals surface area contributed by atoms with E-state index in [0.29, 0.717) is 5.56 Å². The third-order valence-electron chi connectivity index (χ3n) is 2.81. The van der Waals surface area contributed by atoms with Gasteiger partial charge in [0.2, 0.25) is 3.79 Å². The maximum atomic E-state index is 12.5. The zero-order valence-electron chi connectivity index (χ0n) is 9.42. The van der Waals surface area contributed by atoms with Crippen LogP contribution in [0.3, 0.4) is 0 Å². The number of rotatable bonds is 2. The summed E-state index contributed by atoms with van der Waals surface area (Å²) in [4.78, 5) is 0. The van der Waals surface area contributed by atoms with Crippen molar-refractivity contribution in [2.45, 2.75) is 14.2 Å². The van der Waals surface area contributed by atoms with Crippen molar-refractivity contribution in [1.29, 1.82) is 0 Å². The molecule has 2 aromatic carbocycles. The first kappa shape index (κ1) is 15.5. The molecule has 1 radical (unpaired) electrons. The normalized spacial score (nSPS) is 14.6. The third kappa shape index (κ3) is 2.92. The molecule has 19 heavy (non-hydrogen) atoms. The molecular formula is C13H8Cl5O. The van der Waals surface area contributed by atoms with Gasteiger partial charge in [-0.1, -0.05) is 100 Å². The summed E-state index contributed by atoms with van der Waals surface area (Å²) in [6.07, 6.45) is -1.59. The van der Waals surface area contributed by atoms with Gasteiger partial charge in [0, 0.05) is 0 Å². The van der Waals surface area contributed by atoms with Gasteiger partial charge in [-0.15, -0.1) is 0 Å². The number of halogens is 5. The summed E-state index contributed by atoms with van der Waals surface area (Å²) < 4.78 is -4.15. The van der Waals surface area contributed by atoms with Crippen molar-refractivity contribution < 1.29 is 5.11 Å². The van der Waals surface area contributed by atoms with Gasteiger partial charge in [0.15, 0.2) is 10.4 Å². The molecule has 0 amide bonds. The lowest BCUT2D eigenvalue weighted by Gasteiger charge is -2.31. The second-order valence-corrected chi connectivity index (χ2v) is 7.74. The van der Waals surface area contributed by atoms with Gasteiger partial charge in [-0.2, -0.15) is 0 Å². The minimum Gasteiger partial charge on any atom is -0.224 e. The van der Waals surface area contributed by atoms with Gasteiger partial charge in [0.05, 0.1) is 0 Å². The predicted octanol–water partition coefficient (Wildman–Crippen LogP) is 5.86. The number of fused-ring (bicyclic) bond motifs is 1. The first-order valence-electron chi connectivity index (χ1n) is 5.33. The second-order valence-electron chi connectivity index (χ2n) is 4.07. The molecule has 1 atom stereocenters. The summed E-state index contributed by atoms with van der Waals surface area (Å²) in [6.45, 7) is 0. The van der Waals surface area contributed by atoms with Crippen LogP contribution in [0.15, 0.2) is 42.5 Å².